The van der Waals surface area contributed by atoms with Crippen LogP contribution in [-0.4, -0.2) is 20.0 Å². The van der Waals surface area contributed by atoms with Crippen LogP contribution in [-0.2, 0) is 9.47 Å². The van der Waals surface area contributed by atoms with Crippen molar-refractivity contribution in [3.8, 4) is 0 Å². The monoisotopic (exact) mass is 300 g/mol. The van der Waals surface area contributed by atoms with Gasteiger partial charge in [0.05, 0.1) is 0 Å². The SMILES string of the molecule is CCCCCCCCC(CCC)(CCC)C(C)(OC)OC. The van der Waals surface area contributed by atoms with Gasteiger partial charge in [-0.05, 0) is 26.2 Å². The van der Waals surface area contributed by atoms with Crippen molar-refractivity contribution < 1.29 is 9.47 Å². The molecule has 0 fully saturated rings. The quantitative estimate of drug-likeness (QED) is 0.275. The molecule has 128 valence electrons. The largest absolute Gasteiger partial charge is 0.353 e. The standard InChI is InChI=1S/C19H40O2/c1-7-10-11-12-13-14-17-19(15-8-2,16-9-3)18(4,20-5)21-6/h7-17H2,1-6H3. The second-order valence-electron chi connectivity index (χ2n) is 6.65. The highest BCUT2D eigenvalue weighted by molar-refractivity contribution is 4.91. The van der Waals surface area contributed by atoms with Crippen LogP contribution in [0.5, 0.6) is 0 Å². The minimum Gasteiger partial charge on any atom is -0.353 e. The number of hydrogen-bond acceptors (Lipinski definition) is 2. The van der Waals surface area contributed by atoms with Gasteiger partial charge in [-0.2, -0.15) is 0 Å². The minimum atomic E-state index is -0.456. The van der Waals surface area contributed by atoms with Gasteiger partial charge < -0.3 is 9.47 Å². The molecule has 0 spiro atoms. The average Bonchev–Trinajstić information content (AvgIpc) is 2.50. The van der Waals surface area contributed by atoms with E-state index >= 15 is 0 Å². The molecule has 0 aromatic heterocycles. The van der Waals surface area contributed by atoms with Gasteiger partial charge in [-0.3, -0.25) is 0 Å². The summed E-state index contributed by atoms with van der Waals surface area (Å²) in [6, 6.07) is 0. The molecule has 0 radical (unpaired) electrons. The molecule has 2 heteroatoms. The molecule has 0 atom stereocenters. The third-order valence-electron chi connectivity index (χ3n) is 5.21. The normalized spacial score (nSPS) is 12.9. The zero-order valence-corrected chi connectivity index (χ0v) is 15.6. The molecule has 2 nitrogen and oxygen atoms in total. The van der Waals surface area contributed by atoms with Crippen molar-refractivity contribution in [1.82, 2.24) is 0 Å². The van der Waals surface area contributed by atoms with Gasteiger partial charge in [-0.1, -0.05) is 72.1 Å². The first-order chi connectivity index (χ1) is 10.1. The Morgan fingerprint density at radius 1 is 0.619 bits per heavy atom. The van der Waals surface area contributed by atoms with Crippen LogP contribution < -0.4 is 0 Å². The summed E-state index contributed by atoms with van der Waals surface area (Å²) < 4.78 is 11.7. The fourth-order valence-corrected chi connectivity index (χ4v) is 3.77. The summed E-state index contributed by atoms with van der Waals surface area (Å²) >= 11 is 0. The summed E-state index contributed by atoms with van der Waals surface area (Å²) in [5.74, 6) is -0.456. The first-order valence-corrected chi connectivity index (χ1v) is 9.16. The first kappa shape index (κ1) is 20.9. The van der Waals surface area contributed by atoms with E-state index in [0.717, 1.165) is 0 Å². The molecule has 0 aromatic rings. The van der Waals surface area contributed by atoms with E-state index in [2.05, 4.69) is 27.7 Å². The number of rotatable bonds is 14. The Bertz CT molecular complexity index is 228. The van der Waals surface area contributed by atoms with Crippen molar-refractivity contribution in [1.29, 1.82) is 0 Å². The number of methoxy groups -OCH3 is 2. The van der Waals surface area contributed by atoms with Crippen LogP contribution in [0.25, 0.3) is 0 Å². The summed E-state index contributed by atoms with van der Waals surface area (Å²) in [6.07, 6.45) is 14.1. The minimum absolute atomic E-state index is 0.157. The summed E-state index contributed by atoms with van der Waals surface area (Å²) in [5.41, 5.74) is 0.157. The predicted octanol–water partition coefficient (Wildman–Crippen LogP) is 6.33. The van der Waals surface area contributed by atoms with Crippen LogP contribution in [0.4, 0.5) is 0 Å². The lowest BCUT2D eigenvalue weighted by atomic mass is 9.69. The fourth-order valence-electron chi connectivity index (χ4n) is 3.77. The Morgan fingerprint density at radius 3 is 1.52 bits per heavy atom. The molecule has 0 saturated carbocycles. The number of hydrogen-bond donors (Lipinski definition) is 0. The van der Waals surface area contributed by atoms with Crippen molar-refractivity contribution in [2.45, 2.75) is 104 Å². The molecule has 0 saturated heterocycles. The van der Waals surface area contributed by atoms with Crippen LogP contribution in [0.15, 0.2) is 0 Å². The lowest BCUT2D eigenvalue weighted by Crippen LogP contribution is -2.49. The summed E-state index contributed by atoms with van der Waals surface area (Å²) in [6.45, 7) is 8.96. The molecular formula is C19H40O2. The van der Waals surface area contributed by atoms with Crippen molar-refractivity contribution in [2.24, 2.45) is 5.41 Å². The Labute approximate surface area is 134 Å². The van der Waals surface area contributed by atoms with E-state index in [4.69, 9.17) is 9.47 Å². The van der Waals surface area contributed by atoms with E-state index < -0.39 is 5.79 Å². The Morgan fingerprint density at radius 2 is 1.10 bits per heavy atom. The Hall–Kier alpha value is -0.0800. The molecule has 0 aromatic carbocycles. The second-order valence-corrected chi connectivity index (χ2v) is 6.65. The molecule has 21 heavy (non-hydrogen) atoms. The van der Waals surface area contributed by atoms with Gasteiger partial charge in [0.1, 0.15) is 0 Å². The van der Waals surface area contributed by atoms with Crippen molar-refractivity contribution in [3.05, 3.63) is 0 Å². The molecule has 0 bridgehead atoms. The molecule has 0 aliphatic heterocycles. The number of unbranched alkanes of at least 4 members (excludes halogenated alkanes) is 5. The van der Waals surface area contributed by atoms with Gasteiger partial charge in [0.15, 0.2) is 5.79 Å². The maximum Gasteiger partial charge on any atom is 0.170 e. The summed E-state index contributed by atoms with van der Waals surface area (Å²) in [7, 11) is 3.59. The van der Waals surface area contributed by atoms with E-state index in [1.165, 1.54) is 70.6 Å². The Kier molecular flexibility index (Phi) is 11.4. The van der Waals surface area contributed by atoms with E-state index in [0.29, 0.717) is 0 Å². The highest BCUT2D eigenvalue weighted by Gasteiger charge is 2.47. The van der Waals surface area contributed by atoms with Crippen LogP contribution in [0.3, 0.4) is 0 Å². The average molecular weight is 301 g/mol. The smallest absolute Gasteiger partial charge is 0.170 e. The van der Waals surface area contributed by atoms with E-state index in [1.807, 2.05) is 0 Å². The Balaban J connectivity index is 4.70. The van der Waals surface area contributed by atoms with Gasteiger partial charge in [-0.15, -0.1) is 0 Å². The van der Waals surface area contributed by atoms with E-state index in [1.54, 1.807) is 14.2 Å². The molecule has 0 amide bonds. The lowest BCUT2D eigenvalue weighted by Gasteiger charge is -2.47. The van der Waals surface area contributed by atoms with Crippen molar-refractivity contribution >= 4 is 0 Å². The number of ether oxygens (including phenoxy) is 2. The highest BCUT2D eigenvalue weighted by Crippen LogP contribution is 2.47. The highest BCUT2D eigenvalue weighted by atomic mass is 16.7. The second kappa shape index (κ2) is 11.5. The third-order valence-corrected chi connectivity index (χ3v) is 5.21. The van der Waals surface area contributed by atoms with Crippen LogP contribution >= 0.6 is 0 Å². The lowest BCUT2D eigenvalue weighted by molar-refractivity contribution is -0.272. The molecule has 0 rings (SSSR count). The van der Waals surface area contributed by atoms with E-state index in [9.17, 15) is 0 Å². The molecule has 0 heterocycles. The first-order valence-electron chi connectivity index (χ1n) is 9.16. The van der Waals surface area contributed by atoms with Crippen LogP contribution in [0, 0.1) is 5.41 Å². The maximum atomic E-state index is 5.83. The van der Waals surface area contributed by atoms with Gasteiger partial charge in [-0.25, -0.2) is 0 Å². The zero-order chi connectivity index (χ0) is 16.2. The van der Waals surface area contributed by atoms with Gasteiger partial charge in [0.25, 0.3) is 0 Å². The molecular weight excluding hydrogens is 260 g/mol. The zero-order valence-electron chi connectivity index (χ0n) is 15.6. The maximum absolute atomic E-state index is 5.83. The van der Waals surface area contributed by atoms with Crippen molar-refractivity contribution in [2.75, 3.05) is 14.2 Å². The molecule has 0 N–H and O–H groups in total. The molecule has 0 aliphatic rings. The summed E-state index contributed by atoms with van der Waals surface area (Å²) in [4.78, 5) is 0. The van der Waals surface area contributed by atoms with E-state index in [-0.39, 0.29) is 5.41 Å². The third kappa shape index (κ3) is 6.28. The molecule has 0 unspecified atom stereocenters. The van der Waals surface area contributed by atoms with Crippen molar-refractivity contribution in [3.63, 3.8) is 0 Å². The summed E-state index contributed by atoms with van der Waals surface area (Å²) in [5, 5.41) is 0. The molecule has 0 aliphatic carbocycles. The van der Waals surface area contributed by atoms with Gasteiger partial charge in [0, 0.05) is 19.6 Å². The van der Waals surface area contributed by atoms with Crippen LogP contribution in [0.2, 0.25) is 0 Å². The fraction of sp³-hybridized carbons (Fsp3) is 1.00. The topological polar surface area (TPSA) is 18.5 Å². The van der Waals surface area contributed by atoms with Crippen LogP contribution in [0.1, 0.15) is 98.3 Å². The van der Waals surface area contributed by atoms with Gasteiger partial charge in [0.2, 0.25) is 0 Å². The predicted molar refractivity (Wildman–Crippen MR) is 92.7 cm³/mol. The van der Waals surface area contributed by atoms with Gasteiger partial charge >= 0.3 is 0 Å².